The van der Waals surface area contributed by atoms with Crippen molar-refractivity contribution in [3.05, 3.63) is 41.6 Å². The zero-order valence-electron chi connectivity index (χ0n) is 15.3. The van der Waals surface area contributed by atoms with Gasteiger partial charge in [0.2, 0.25) is 11.6 Å². The number of halogens is 7. The Balaban J connectivity index is 2.12. The molecule has 1 aliphatic rings. The molecule has 7 nitrogen and oxygen atoms in total. The first-order valence-corrected chi connectivity index (χ1v) is 9.72. The molecular weight excluding hydrogens is 463 g/mol. The Morgan fingerprint density at radius 2 is 1.65 bits per heavy atom. The van der Waals surface area contributed by atoms with Gasteiger partial charge in [0.1, 0.15) is 4.90 Å². The van der Waals surface area contributed by atoms with Gasteiger partial charge in [-0.3, -0.25) is 0 Å². The molecule has 0 atom stereocenters. The van der Waals surface area contributed by atoms with Crippen molar-refractivity contribution in [1.29, 1.82) is 0 Å². The van der Waals surface area contributed by atoms with E-state index in [2.05, 4.69) is 14.4 Å². The van der Waals surface area contributed by atoms with Gasteiger partial charge >= 0.3 is 28.1 Å². The van der Waals surface area contributed by atoms with Crippen molar-refractivity contribution in [1.82, 2.24) is 15.0 Å². The first-order valence-electron chi connectivity index (χ1n) is 8.31. The first-order chi connectivity index (χ1) is 14.2. The van der Waals surface area contributed by atoms with Gasteiger partial charge in [-0.2, -0.15) is 39.2 Å². The van der Waals surface area contributed by atoms with E-state index in [1.54, 1.807) is 6.92 Å². The molecule has 3 rings (SSSR count). The fraction of sp³-hybridized carbons (Fsp3) is 0.375. The average molecular weight is 475 g/mol. The molecular formula is C16H12F7N3O4S. The van der Waals surface area contributed by atoms with E-state index in [0.29, 0.717) is 5.56 Å². The zero-order chi connectivity index (χ0) is 23.2. The molecule has 1 aliphatic heterocycles. The van der Waals surface area contributed by atoms with Gasteiger partial charge in [-0.05, 0) is 25.1 Å². The van der Waals surface area contributed by atoms with Crippen molar-refractivity contribution in [3.63, 3.8) is 0 Å². The third-order valence-corrected chi connectivity index (χ3v) is 5.24. The summed E-state index contributed by atoms with van der Waals surface area (Å²) < 4.78 is 128. The number of benzene rings is 1. The van der Waals surface area contributed by atoms with E-state index in [4.69, 9.17) is 4.74 Å². The monoisotopic (exact) mass is 475 g/mol. The van der Waals surface area contributed by atoms with Crippen molar-refractivity contribution in [2.24, 2.45) is 0 Å². The van der Waals surface area contributed by atoms with E-state index in [9.17, 15) is 39.2 Å². The summed E-state index contributed by atoms with van der Waals surface area (Å²) in [5, 5.41) is 6.14. The number of hydrogen-bond acceptors (Lipinski definition) is 6. The number of aryl methyl sites for hydroxylation is 1. The Morgan fingerprint density at radius 3 is 2.16 bits per heavy atom. The fourth-order valence-electron chi connectivity index (χ4n) is 2.37. The number of hydrogen-bond donors (Lipinski definition) is 0. The minimum absolute atomic E-state index is 0.0270. The maximum Gasteiger partial charge on any atom is 0.460 e. The second-order valence-electron chi connectivity index (χ2n) is 6.32. The van der Waals surface area contributed by atoms with Gasteiger partial charge in [0.05, 0.1) is 6.61 Å². The minimum atomic E-state index is -6.68. The summed E-state index contributed by atoms with van der Waals surface area (Å²) in [7, 11) is -4.94. The van der Waals surface area contributed by atoms with Gasteiger partial charge in [0.25, 0.3) is 5.88 Å². The van der Waals surface area contributed by atoms with E-state index >= 15 is 0 Å². The van der Waals surface area contributed by atoms with Crippen LogP contribution in [0.1, 0.15) is 17.7 Å². The second kappa shape index (κ2) is 7.39. The van der Waals surface area contributed by atoms with Crippen LogP contribution in [-0.2, 0) is 20.8 Å². The predicted octanol–water partition coefficient (Wildman–Crippen LogP) is 3.86. The summed E-state index contributed by atoms with van der Waals surface area (Å²) in [6.45, 7) is 1.63. The maximum atomic E-state index is 14.3. The van der Waals surface area contributed by atoms with E-state index in [1.165, 1.54) is 18.2 Å². The molecule has 0 saturated heterocycles. The van der Waals surface area contributed by atoms with Gasteiger partial charge in [0.15, 0.2) is 0 Å². The molecule has 15 heteroatoms. The summed E-state index contributed by atoms with van der Waals surface area (Å²) >= 11 is 0. The summed E-state index contributed by atoms with van der Waals surface area (Å²) in [6, 6.07) is 4.66. The molecule has 2 heterocycles. The predicted molar refractivity (Wildman–Crippen MR) is 88.8 cm³/mol. The van der Waals surface area contributed by atoms with E-state index in [0.717, 1.165) is 12.1 Å². The number of nitrogens with zero attached hydrogens (tertiary/aromatic N) is 3. The zero-order valence-corrected chi connectivity index (χ0v) is 16.1. The van der Waals surface area contributed by atoms with Crippen molar-refractivity contribution in [3.8, 4) is 5.88 Å². The van der Waals surface area contributed by atoms with Crippen molar-refractivity contribution >= 4 is 16.0 Å². The van der Waals surface area contributed by atoms with Crippen LogP contribution >= 0.6 is 0 Å². The van der Waals surface area contributed by atoms with Crippen LogP contribution in [0.25, 0.3) is 5.88 Å². The molecule has 0 aliphatic carbocycles. The standard InChI is InChI=1S/C16H12F7N3O4S/c1-9-4-6-10(7-5-9)31(27,28)30-13-12(14(17,18)15(19,20)16(21,22)23)24-26(25-13)11-3-2-8-29-11/h3-7H,2,8H2,1H3. The van der Waals surface area contributed by atoms with Crippen LogP contribution in [0, 0.1) is 6.92 Å². The molecule has 0 unspecified atom stereocenters. The van der Waals surface area contributed by atoms with Crippen LogP contribution in [0.5, 0.6) is 5.88 Å². The van der Waals surface area contributed by atoms with Crippen LogP contribution < -0.4 is 4.18 Å². The van der Waals surface area contributed by atoms with Crippen LogP contribution in [0.15, 0.2) is 35.2 Å². The Hall–Kier alpha value is -2.84. The Labute approximate surface area is 170 Å². The largest absolute Gasteiger partial charge is 0.476 e. The van der Waals surface area contributed by atoms with Crippen LogP contribution in [-0.4, -0.2) is 42.1 Å². The van der Waals surface area contributed by atoms with Gasteiger partial charge in [-0.15, -0.1) is 15.0 Å². The molecule has 170 valence electrons. The lowest BCUT2D eigenvalue weighted by molar-refractivity contribution is -0.360. The van der Waals surface area contributed by atoms with Crippen molar-refractivity contribution < 1.29 is 48.1 Å². The molecule has 0 fully saturated rings. The molecule has 0 N–H and O–H groups in total. The molecule has 0 amide bonds. The third-order valence-electron chi connectivity index (χ3n) is 4.01. The highest BCUT2D eigenvalue weighted by Crippen LogP contribution is 2.53. The molecule has 0 saturated carbocycles. The van der Waals surface area contributed by atoms with Gasteiger partial charge in [0, 0.05) is 6.42 Å². The normalized spacial score (nSPS) is 15.5. The van der Waals surface area contributed by atoms with Crippen molar-refractivity contribution in [2.45, 2.75) is 36.3 Å². The molecule has 0 radical (unpaired) electrons. The third kappa shape index (κ3) is 4.05. The van der Waals surface area contributed by atoms with Crippen LogP contribution in [0.3, 0.4) is 0 Å². The highest BCUT2D eigenvalue weighted by atomic mass is 32.2. The Kier molecular flexibility index (Phi) is 5.44. The highest BCUT2D eigenvalue weighted by Gasteiger charge is 2.75. The topological polar surface area (TPSA) is 83.3 Å². The summed E-state index contributed by atoms with van der Waals surface area (Å²) in [6.07, 6.45) is -5.22. The number of rotatable bonds is 6. The quantitative estimate of drug-likeness (QED) is 0.466. The fourth-order valence-corrected chi connectivity index (χ4v) is 3.26. The molecule has 0 bridgehead atoms. The van der Waals surface area contributed by atoms with Gasteiger partial charge < -0.3 is 8.92 Å². The Bertz CT molecular complexity index is 1110. The van der Waals surface area contributed by atoms with Crippen LogP contribution in [0.4, 0.5) is 30.7 Å². The SMILES string of the molecule is Cc1ccc(S(=O)(=O)Oc2nn(C3=CCCO3)nc2C(F)(F)C(F)(F)C(F)(F)F)cc1. The van der Waals surface area contributed by atoms with E-state index < -0.39 is 44.6 Å². The maximum absolute atomic E-state index is 14.3. The summed E-state index contributed by atoms with van der Waals surface area (Å²) in [4.78, 5) is -0.427. The average Bonchev–Trinajstić information content (AvgIpc) is 3.30. The first kappa shape index (κ1) is 22.8. The number of ether oxygens (including phenoxy) is 1. The molecule has 1 aromatic carbocycles. The highest BCUT2D eigenvalue weighted by molar-refractivity contribution is 7.87. The minimum Gasteiger partial charge on any atom is -0.476 e. The second-order valence-corrected chi connectivity index (χ2v) is 7.87. The van der Waals surface area contributed by atoms with Crippen molar-refractivity contribution in [2.75, 3.05) is 6.61 Å². The summed E-state index contributed by atoms with van der Waals surface area (Å²) in [5.41, 5.74) is -1.71. The van der Waals surface area contributed by atoms with E-state index in [-0.39, 0.29) is 23.7 Å². The van der Waals surface area contributed by atoms with Gasteiger partial charge in [-0.25, -0.2) is 0 Å². The lowest BCUT2D eigenvalue weighted by atomic mass is 10.1. The summed E-state index contributed by atoms with van der Waals surface area (Å²) in [5.74, 6) is -14.8. The van der Waals surface area contributed by atoms with Gasteiger partial charge in [-0.1, -0.05) is 17.7 Å². The number of aromatic nitrogens is 3. The van der Waals surface area contributed by atoms with E-state index in [1.807, 2.05) is 0 Å². The molecule has 2 aromatic rings. The lowest BCUT2D eigenvalue weighted by Crippen LogP contribution is -2.50. The molecule has 1 aromatic heterocycles. The number of alkyl halides is 7. The smallest absolute Gasteiger partial charge is 0.460 e. The lowest BCUT2D eigenvalue weighted by Gasteiger charge is -2.26. The molecule has 0 spiro atoms. The Morgan fingerprint density at radius 1 is 1.03 bits per heavy atom. The van der Waals surface area contributed by atoms with Crippen LogP contribution in [0.2, 0.25) is 0 Å². The molecule has 31 heavy (non-hydrogen) atoms.